The molecule has 1 aromatic carbocycles. The molecule has 2 heterocycles. The molecule has 2 aromatic heterocycles. The summed E-state index contributed by atoms with van der Waals surface area (Å²) < 4.78 is 16.5. The van der Waals surface area contributed by atoms with Gasteiger partial charge in [-0.15, -0.1) is 4.98 Å². The molecular weight excluding hydrogens is 320 g/mol. The number of aromatic nitrogens is 3. The van der Waals surface area contributed by atoms with Gasteiger partial charge in [0.2, 0.25) is 0 Å². The molecule has 0 fully saturated rings. The third-order valence-corrected chi connectivity index (χ3v) is 3.70. The van der Waals surface area contributed by atoms with Gasteiger partial charge < -0.3 is 19.6 Å². The van der Waals surface area contributed by atoms with Gasteiger partial charge in [-0.25, -0.2) is 0 Å². The monoisotopic (exact) mass is 340 g/mol. The van der Waals surface area contributed by atoms with Crippen LogP contribution in [-0.2, 0) is 0 Å². The number of nitrogens with zero attached hydrogens (tertiary/aromatic N) is 3. The van der Waals surface area contributed by atoms with Crippen LogP contribution in [0.5, 0.6) is 17.8 Å². The normalized spacial score (nSPS) is 12.0. The van der Waals surface area contributed by atoms with E-state index in [2.05, 4.69) is 15.0 Å². The lowest BCUT2D eigenvalue weighted by Crippen LogP contribution is -2.16. The Hall–Kier alpha value is -2.93. The molecule has 3 aromatic rings. The Morgan fingerprint density at radius 2 is 1.88 bits per heavy atom. The summed E-state index contributed by atoms with van der Waals surface area (Å²) in [6.45, 7) is 6.32. The third-order valence-electron chi connectivity index (χ3n) is 3.70. The molecular formula is C18H20N4O3. The summed E-state index contributed by atoms with van der Waals surface area (Å²) in [6, 6.07) is 8.92. The lowest BCUT2D eigenvalue weighted by Gasteiger charge is -2.12. The molecule has 0 saturated carbocycles. The van der Waals surface area contributed by atoms with Crippen LogP contribution in [0, 0.1) is 13.8 Å². The van der Waals surface area contributed by atoms with Crippen molar-refractivity contribution < 1.29 is 13.9 Å². The number of benzene rings is 1. The second kappa shape index (κ2) is 7.31. The van der Waals surface area contributed by atoms with Gasteiger partial charge in [-0.2, -0.15) is 9.97 Å². The highest BCUT2D eigenvalue weighted by atomic mass is 16.5. The Balaban J connectivity index is 1.93. The average Bonchev–Trinajstić information content (AvgIpc) is 3.12. The summed E-state index contributed by atoms with van der Waals surface area (Å²) >= 11 is 0. The van der Waals surface area contributed by atoms with Gasteiger partial charge in [0, 0.05) is 0 Å². The van der Waals surface area contributed by atoms with E-state index in [0.717, 1.165) is 5.56 Å². The first-order valence-electron chi connectivity index (χ1n) is 7.99. The van der Waals surface area contributed by atoms with Crippen molar-refractivity contribution in [3.63, 3.8) is 0 Å². The van der Waals surface area contributed by atoms with E-state index in [4.69, 9.17) is 19.6 Å². The molecule has 0 aliphatic carbocycles. The average molecular weight is 340 g/mol. The number of ether oxygens (including phenoxy) is 2. The van der Waals surface area contributed by atoms with E-state index in [0.29, 0.717) is 23.9 Å². The zero-order chi connectivity index (χ0) is 17.8. The number of furan rings is 1. The topological polar surface area (TPSA) is 96.3 Å². The largest absolute Gasteiger partial charge is 0.467 e. The van der Waals surface area contributed by atoms with Gasteiger partial charge in [-0.1, -0.05) is 6.07 Å². The summed E-state index contributed by atoms with van der Waals surface area (Å²) in [5.74, 6) is 1.49. The molecule has 0 aliphatic heterocycles. The molecule has 1 atom stereocenters. The van der Waals surface area contributed by atoms with Crippen molar-refractivity contribution in [1.82, 2.24) is 15.0 Å². The fraction of sp³-hybridized carbons (Fsp3) is 0.278. The second-order valence-electron chi connectivity index (χ2n) is 5.53. The van der Waals surface area contributed by atoms with Crippen LogP contribution in [0.3, 0.4) is 0 Å². The van der Waals surface area contributed by atoms with Crippen LogP contribution < -0.4 is 15.2 Å². The van der Waals surface area contributed by atoms with Crippen molar-refractivity contribution in [2.75, 3.05) is 6.61 Å². The molecule has 130 valence electrons. The third kappa shape index (κ3) is 3.95. The number of hydrogen-bond acceptors (Lipinski definition) is 7. The molecule has 0 spiro atoms. The first-order valence-corrected chi connectivity index (χ1v) is 7.99. The van der Waals surface area contributed by atoms with E-state index in [1.165, 1.54) is 5.56 Å². The van der Waals surface area contributed by atoms with Crippen molar-refractivity contribution in [2.24, 2.45) is 5.73 Å². The van der Waals surface area contributed by atoms with Crippen LogP contribution >= 0.6 is 0 Å². The molecule has 0 saturated heterocycles. The molecule has 0 radical (unpaired) electrons. The minimum atomic E-state index is -0.640. The van der Waals surface area contributed by atoms with Crippen molar-refractivity contribution in [1.29, 1.82) is 0 Å². The summed E-state index contributed by atoms with van der Waals surface area (Å²) in [5, 5.41) is 0. The molecule has 2 N–H and O–H groups in total. The van der Waals surface area contributed by atoms with Gasteiger partial charge in [0.25, 0.3) is 0 Å². The maximum Gasteiger partial charge on any atom is 0.328 e. The number of nitrogens with two attached hydrogens (primary N) is 1. The zero-order valence-electron chi connectivity index (χ0n) is 14.4. The van der Waals surface area contributed by atoms with E-state index in [1.54, 1.807) is 18.4 Å². The van der Waals surface area contributed by atoms with Gasteiger partial charge in [0.1, 0.15) is 17.6 Å². The maximum atomic E-state index is 6.17. The second-order valence-corrected chi connectivity index (χ2v) is 5.53. The fourth-order valence-electron chi connectivity index (χ4n) is 2.21. The van der Waals surface area contributed by atoms with Gasteiger partial charge in [0.05, 0.1) is 12.9 Å². The van der Waals surface area contributed by atoms with Crippen LogP contribution in [0.4, 0.5) is 0 Å². The molecule has 3 rings (SSSR count). The minimum Gasteiger partial charge on any atom is -0.467 e. The lowest BCUT2D eigenvalue weighted by atomic mass is 10.1. The summed E-state index contributed by atoms with van der Waals surface area (Å²) in [5.41, 5.74) is 8.47. The number of rotatable bonds is 6. The Kier molecular flexibility index (Phi) is 4.95. The molecule has 0 aliphatic rings. The van der Waals surface area contributed by atoms with Gasteiger partial charge >= 0.3 is 12.0 Å². The van der Waals surface area contributed by atoms with Crippen molar-refractivity contribution in [3.8, 4) is 17.8 Å². The predicted molar refractivity (Wildman–Crippen MR) is 91.7 cm³/mol. The van der Waals surface area contributed by atoms with E-state index in [9.17, 15) is 0 Å². The molecule has 7 nitrogen and oxygen atoms in total. The van der Waals surface area contributed by atoms with Crippen molar-refractivity contribution in [3.05, 3.63) is 59.3 Å². The highest BCUT2D eigenvalue weighted by Crippen LogP contribution is 2.24. The lowest BCUT2D eigenvalue weighted by molar-refractivity contribution is 0.299. The SMILES string of the molecule is CCOc1nc(Oc2ccc(C)c(C)c2)nc(C(N)c2ccco2)n1. The number of hydrogen-bond donors (Lipinski definition) is 1. The van der Waals surface area contributed by atoms with Crippen LogP contribution in [0.15, 0.2) is 41.0 Å². The van der Waals surface area contributed by atoms with Crippen LogP contribution in [0.1, 0.15) is 35.7 Å². The van der Waals surface area contributed by atoms with E-state index in [-0.39, 0.29) is 12.0 Å². The first-order chi connectivity index (χ1) is 12.1. The zero-order valence-corrected chi connectivity index (χ0v) is 14.4. The molecule has 1 unspecified atom stereocenters. The minimum absolute atomic E-state index is 0.124. The Labute approximate surface area is 145 Å². The van der Waals surface area contributed by atoms with E-state index in [1.807, 2.05) is 39.0 Å². The molecule has 0 bridgehead atoms. The first kappa shape index (κ1) is 16.9. The summed E-state index contributed by atoms with van der Waals surface area (Å²) in [7, 11) is 0. The van der Waals surface area contributed by atoms with Crippen molar-refractivity contribution in [2.45, 2.75) is 26.8 Å². The summed E-state index contributed by atoms with van der Waals surface area (Å²) in [6.07, 6.45) is 1.55. The molecule has 25 heavy (non-hydrogen) atoms. The fourth-order valence-corrected chi connectivity index (χ4v) is 2.21. The van der Waals surface area contributed by atoms with Gasteiger partial charge in [0.15, 0.2) is 5.82 Å². The van der Waals surface area contributed by atoms with E-state index < -0.39 is 6.04 Å². The van der Waals surface area contributed by atoms with Crippen molar-refractivity contribution >= 4 is 0 Å². The predicted octanol–water partition coefficient (Wildman–Crippen LogP) is 3.32. The van der Waals surface area contributed by atoms with Crippen LogP contribution in [-0.4, -0.2) is 21.6 Å². The van der Waals surface area contributed by atoms with Gasteiger partial charge in [-0.05, 0) is 56.2 Å². The highest BCUT2D eigenvalue weighted by molar-refractivity contribution is 5.35. The summed E-state index contributed by atoms with van der Waals surface area (Å²) in [4.78, 5) is 12.7. The standard InChI is InChI=1S/C18H20N4O3/c1-4-23-17-20-16(15(19)14-6-5-9-24-14)21-18(22-17)25-13-8-7-11(2)12(3)10-13/h5-10,15H,4,19H2,1-3H3. The number of aryl methyl sites for hydroxylation is 2. The van der Waals surface area contributed by atoms with E-state index >= 15 is 0 Å². The van der Waals surface area contributed by atoms with Gasteiger partial charge in [-0.3, -0.25) is 0 Å². The Morgan fingerprint density at radius 3 is 2.56 bits per heavy atom. The quantitative estimate of drug-likeness (QED) is 0.735. The van der Waals surface area contributed by atoms with Crippen LogP contribution in [0.25, 0.3) is 0 Å². The smallest absolute Gasteiger partial charge is 0.328 e. The molecule has 7 heteroatoms. The Morgan fingerprint density at radius 1 is 1.08 bits per heavy atom. The Bertz CT molecular complexity index is 850. The maximum absolute atomic E-state index is 6.17. The molecule has 0 amide bonds. The highest BCUT2D eigenvalue weighted by Gasteiger charge is 2.19. The van der Waals surface area contributed by atoms with Crippen LogP contribution in [0.2, 0.25) is 0 Å².